The summed E-state index contributed by atoms with van der Waals surface area (Å²) in [5.41, 5.74) is 14.4. The lowest BCUT2D eigenvalue weighted by Gasteiger charge is -2.13. The first-order chi connectivity index (χ1) is 17.3. The summed E-state index contributed by atoms with van der Waals surface area (Å²) < 4.78 is 2.30. The Labute approximate surface area is 212 Å². The fourth-order valence-electron chi connectivity index (χ4n) is 5.88. The van der Waals surface area contributed by atoms with Crippen LogP contribution in [-0.4, -0.2) is 9.38 Å². The van der Waals surface area contributed by atoms with Gasteiger partial charge in [0.2, 0.25) is 0 Å². The minimum atomic E-state index is 1.01. The molecule has 0 radical (unpaired) electrons. The number of pyridine rings is 1. The van der Waals surface area contributed by atoms with Crippen LogP contribution in [0.2, 0.25) is 0 Å². The third-order valence-corrected chi connectivity index (χ3v) is 7.36. The summed E-state index contributed by atoms with van der Waals surface area (Å²) in [6.07, 6.45) is 4.11. The number of hydrogen-bond acceptors (Lipinski definition) is 1. The first-order valence-corrected chi connectivity index (χ1v) is 12.5. The van der Waals surface area contributed by atoms with Gasteiger partial charge in [0.15, 0.2) is 0 Å². The van der Waals surface area contributed by atoms with Crippen LogP contribution in [0, 0.1) is 34.6 Å². The van der Waals surface area contributed by atoms with Crippen LogP contribution in [0.1, 0.15) is 33.4 Å². The zero-order chi connectivity index (χ0) is 25.1. The van der Waals surface area contributed by atoms with Crippen LogP contribution < -0.4 is 0 Å². The predicted molar refractivity (Wildman–Crippen MR) is 155 cm³/mol. The van der Waals surface area contributed by atoms with Crippen molar-refractivity contribution in [3.8, 4) is 22.4 Å². The highest BCUT2D eigenvalue weighted by molar-refractivity contribution is 6.14. The molecule has 0 bridgehead atoms. The molecule has 0 aliphatic carbocycles. The van der Waals surface area contributed by atoms with Gasteiger partial charge in [-0.05, 0) is 91.6 Å². The maximum absolute atomic E-state index is 5.25. The molecule has 4 aromatic carbocycles. The molecule has 0 saturated heterocycles. The Morgan fingerprint density at radius 1 is 0.667 bits per heavy atom. The number of nitrogens with zero attached hydrogens (tertiary/aromatic N) is 2. The molecule has 0 amide bonds. The summed E-state index contributed by atoms with van der Waals surface area (Å²) in [4.78, 5) is 5.25. The molecule has 2 nitrogen and oxygen atoms in total. The van der Waals surface area contributed by atoms with E-state index in [9.17, 15) is 0 Å². The molecule has 2 heterocycles. The Morgan fingerprint density at radius 2 is 1.31 bits per heavy atom. The largest absolute Gasteiger partial charge is 0.298 e. The molecule has 0 aliphatic heterocycles. The summed E-state index contributed by atoms with van der Waals surface area (Å²) >= 11 is 0. The van der Waals surface area contributed by atoms with Crippen molar-refractivity contribution < 1.29 is 0 Å². The van der Waals surface area contributed by atoms with Gasteiger partial charge < -0.3 is 0 Å². The maximum atomic E-state index is 5.25. The molecule has 0 unspecified atom stereocenters. The van der Waals surface area contributed by atoms with Gasteiger partial charge in [0.05, 0.1) is 11.2 Å². The second-order valence-corrected chi connectivity index (χ2v) is 10.2. The summed E-state index contributed by atoms with van der Waals surface area (Å²) in [7, 11) is 0. The second-order valence-electron chi connectivity index (χ2n) is 10.2. The Kier molecular flexibility index (Phi) is 5.08. The first kappa shape index (κ1) is 22.3. The lowest BCUT2D eigenvalue weighted by atomic mass is 9.96. The summed E-state index contributed by atoms with van der Waals surface area (Å²) in [6, 6.07) is 24.5. The van der Waals surface area contributed by atoms with E-state index in [-0.39, 0.29) is 0 Å². The predicted octanol–water partition coefficient (Wildman–Crippen LogP) is 9.16. The van der Waals surface area contributed by atoms with E-state index in [1.807, 2.05) is 6.08 Å². The average Bonchev–Trinajstić information content (AvgIpc) is 3.27. The molecule has 0 atom stereocenters. The maximum Gasteiger partial charge on any atom is 0.145 e. The van der Waals surface area contributed by atoms with Gasteiger partial charge in [-0.25, -0.2) is 4.98 Å². The van der Waals surface area contributed by atoms with Crippen molar-refractivity contribution in [2.45, 2.75) is 34.6 Å². The fraction of sp³-hybridized carbons (Fsp3) is 0.147. The van der Waals surface area contributed by atoms with Crippen molar-refractivity contribution in [3.63, 3.8) is 0 Å². The smallest absolute Gasteiger partial charge is 0.145 e. The zero-order valence-electron chi connectivity index (χ0n) is 21.6. The Hall–Kier alpha value is -4.17. The SMILES string of the molecule is C=Cc1ccc(-c2ccc3c(c2)c2cc(C)cc(C)c2n2cc(-c4c(C)cc(C)cc4C)nc32)cc1. The highest BCUT2D eigenvalue weighted by Crippen LogP contribution is 2.37. The molecule has 6 rings (SSSR count). The first-order valence-electron chi connectivity index (χ1n) is 12.5. The quantitative estimate of drug-likeness (QED) is 0.238. The van der Waals surface area contributed by atoms with E-state index in [0.29, 0.717) is 0 Å². The van der Waals surface area contributed by atoms with E-state index in [1.54, 1.807) is 0 Å². The van der Waals surface area contributed by atoms with Gasteiger partial charge in [0.1, 0.15) is 5.65 Å². The third kappa shape index (κ3) is 3.45. The number of aryl methyl sites for hydroxylation is 5. The van der Waals surface area contributed by atoms with E-state index in [1.165, 1.54) is 66.2 Å². The van der Waals surface area contributed by atoms with Crippen LogP contribution in [-0.2, 0) is 0 Å². The van der Waals surface area contributed by atoms with Crippen LogP contribution in [0.15, 0.2) is 79.5 Å². The van der Waals surface area contributed by atoms with Gasteiger partial charge in [-0.15, -0.1) is 0 Å². The summed E-state index contributed by atoms with van der Waals surface area (Å²) in [5.74, 6) is 0. The molecule has 0 aliphatic rings. The molecule has 36 heavy (non-hydrogen) atoms. The van der Waals surface area contributed by atoms with Crippen LogP contribution in [0.5, 0.6) is 0 Å². The van der Waals surface area contributed by atoms with Crippen LogP contribution in [0.4, 0.5) is 0 Å². The number of rotatable bonds is 3. The lowest BCUT2D eigenvalue weighted by molar-refractivity contribution is 1.24. The van der Waals surface area contributed by atoms with E-state index in [4.69, 9.17) is 4.98 Å². The van der Waals surface area contributed by atoms with Crippen LogP contribution in [0.3, 0.4) is 0 Å². The molecule has 176 valence electrons. The van der Waals surface area contributed by atoms with Gasteiger partial charge in [0, 0.05) is 22.5 Å². The van der Waals surface area contributed by atoms with Crippen LogP contribution in [0.25, 0.3) is 55.8 Å². The number of imidazole rings is 1. The molecular weight excluding hydrogens is 436 g/mol. The minimum absolute atomic E-state index is 1.01. The normalized spacial score (nSPS) is 11.6. The standard InChI is InChI=1S/C34H30N2/c1-7-25-8-10-26(11-9-25)27-12-13-28-29(18-27)30-17-21(3)16-24(6)33(30)36-19-31(35-34(28)36)32-22(4)14-20(2)15-23(32)5/h7-19H,1H2,2-6H3. The summed E-state index contributed by atoms with van der Waals surface area (Å²) in [5, 5.41) is 3.68. The van der Waals surface area contributed by atoms with Gasteiger partial charge >= 0.3 is 0 Å². The molecule has 0 spiro atoms. The van der Waals surface area contributed by atoms with Gasteiger partial charge in [-0.2, -0.15) is 0 Å². The number of benzene rings is 4. The number of hydrogen-bond donors (Lipinski definition) is 0. The molecule has 0 saturated carbocycles. The highest BCUT2D eigenvalue weighted by Gasteiger charge is 2.17. The monoisotopic (exact) mass is 466 g/mol. The van der Waals surface area contributed by atoms with Crippen molar-refractivity contribution in [3.05, 3.63) is 113 Å². The van der Waals surface area contributed by atoms with Crippen molar-refractivity contribution in [1.82, 2.24) is 9.38 Å². The van der Waals surface area contributed by atoms with Crippen molar-refractivity contribution in [1.29, 1.82) is 0 Å². The molecule has 6 aromatic rings. The van der Waals surface area contributed by atoms with E-state index in [0.717, 1.165) is 16.9 Å². The van der Waals surface area contributed by atoms with Crippen LogP contribution >= 0.6 is 0 Å². The molecule has 2 heteroatoms. The van der Waals surface area contributed by atoms with E-state index >= 15 is 0 Å². The van der Waals surface area contributed by atoms with Crippen molar-refractivity contribution in [2.24, 2.45) is 0 Å². The van der Waals surface area contributed by atoms with Gasteiger partial charge in [-0.3, -0.25) is 4.40 Å². The van der Waals surface area contributed by atoms with E-state index in [2.05, 4.69) is 119 Å². The van der Waals surface area contributed by atoms with Crippen molar-refractivity contribution >= 4 is 33.4 Å². The second kappa shape index (κ2) is 8.20. The van der Waals surface area contributed by atoms with Gasteiger partial charge in [-0.1, -0.05) is 72.3 Å². The van der Waals surface area contributed by atoms with Crippen molar-refractivity contribution in [2.75, 3.05) is 0 Å². The average molecular weight is 467 g/mol. The van der Waals surface area contributed by atoms with Gasteiger partial charge in [0.25, 0.3) is 0 Å². The Bertz CT molecular complexity index is 1810. The minimum Gasteiger partial charge on any atom is -0.298 e. The Balaban J connectivity index is 1.70. The third-order valence-electron chi connectivity index (χ3n) is 7.36. The molecule has 2 aromatic heterocycles. The highest BCUT2D eigenvalue weighted by atomic mass is 15.0. The number of fused-ring (bicyclic) bond motifs is 6. The summed E-state index contributed by atoms with van der Waals surface area (Å²) in [6.45, 7) is 14.8. The topological polar surface area (TPSA) is 17.3 Å². The molecule has 0 fully saturated rings. The lowest BCUT2D eigenvalue weighted by Crippen LogP contribution is -1.94. The van der Waals surface area contributed by atoms with E-state index < -0.39 is 0 Å². The molecular formula is C34H30N2. The number of aromatic nitrogens is 2. The zero-order valence-corrected chi connectivity index (χ0v) is 21.6. The molecule has 0 N–H and O–H groups in total. The fourth-order valence-corrected chi connectivity index (χ4v) is 5.88. The Morgan fingerprint density at radius 3 is 2.00 bits per heavy atom.